The van der Waals surface area contributed by atoms with Crippen molar-refractivity contribution in [2.24, 2.45) is 0 Å². The molecule has 0 saturated heterocycles. The predicted octanol–water partition coefficient (Wildman–Crippen LogP) is 2.60. The number of anilines is 2. The van der Waals surface area contributed by atoms with Crippen LogP contribution in [0.1, 0.15) is 12.5 Å². The number of hydrogen-bond acceptors (Lipinski definition) is 5. The number of ether oxygens (including phenoxy) is 1. The molecule has 5 nitrogen and oxygen atoms in total. The minimum atomic E-state index is 0.137. The molecule has 1 aromatic carbocycles. The monoisotopic (exact) mass is 356 g/mol. The van der Waals surface area contributed by atoms with Gasteiger partial charge in [0.05, 0.1) is 6.20 Å². The summed E-state index contributed by atoms with van der Waals surface area (Å²) in [7, 11) is 0. The van der Waals surface area contributed by atoms with Crippen molar-refractivity contribution in [2.75, 3.05) is 11.5 Å². The molecule has 0 aliphatic rings. The Morgan fingerprint density at radius 2 is 2.06 bits per heavy atom. The molecule has 0 bridgehead atoms. The van der Waals surface area contributed by atoms with Crippen molar-refractivity contribution < 1.29 is 4.74 Å². The van der Waals surface area contributed by atoms with Crippen LogP contribution in [0, 0.1) is 3.57 Å². The summed E-state index contributed by atoms with van der Waals surface area (Å²) >= 11 is 2.23. The Morgan fingerprint density at radius 3 is 2.72 bits per heavy atom. The second-order valence-electron chi connectivity index (χ2n) is 3.69. The van der Waals surface area contributed by atoms with E-state index in [9.17, 15) is 0 Å². The van der Waals surface area contributed by atoms with Gasteiger partial charge in [0.2, 0.25) is 5.95 Å². The van der Waals surface area contributed by atoms with Gasteiger partial charge < -0.3 is 16.2 Å². The maximum Gasteiger partial charge on any atom is 0.222 e. The fourth-order valence-corrected chi connectivity index (χ4v) is 1.97. The lowest BCUT2D eigenvalue weighted by Gasteiger charge is -2.11. The lowest BCUT2D eigenvalue weighted by atomic mass is 10.1. The third-order valence-electron chi connectivity index (χ3n) is 2.43. The summed E-state index contributed by atoms with van der Waals surface area (Å²) in [6, 6.07) is 6.02. The largest absolute Gasteiger partial charge is 0.452 e. The molecule has 0 spiro atoms. The quantitative estimate of drug-likeness (QED) is 0.826. The van der Waals surface area contributed by atoms with Gasteiger partial charge in [-0.1, -0.05) is 13.0 Å². The van der Waals surface area contributed by atoms with Crippen molar-refractivity contribution in [3.8, 4) is 11.5 Å². The van der Waals surface area contributed by atoms with Gasteiger partial charge in [-0.05, 0) is 46.7 Å². The molecule has 1 aromatic heterocycles. The fourth-order valence-electron chi connectivity index (χ4n) is 1.51. The Hall–Kier alpha value is -1.57. The smallest absolute Gasteiger partial charge is 0.222 e. The highest BCUT2D eigenvalue weighted by Crippen LogP contribution is 2.30. The second-order valence-corrected chi connectivity index (χ2v) is 4.93. The Balaban J connectivity index is 2.36. The first-order chi connectivity index (χ1) is 8.60. The standard InChI is InChI=1S/C12H13IN4O/c1-2-7-3-4-8(13)5-9(7)18-10-6-16-12(15)17-11(10)14/h3-6H,2H2,1H3,(H4,14,15,16,17). The highest BCUT2D eigenvalue weighted by molar-refractivity contribution is 14.1. The van der Waals surface area contributed by atoms with Crippen LogP contribution in [0.25, 0.3) is 0 Å². The van der Waals surface area contributed by atoms with Gasteiger partial charge in [0.15, 0.2) is 11.6 Å². The summed E-state index contributed by atoms with van der Waals surface area (Å²) < 4.78 is 6.85. The lowest BCUT2D eigenvalue weighted by Crippen LogP contribution is -2.02. The van der Waals surface area contributed by atoms with Crippen LogP contribution in [-0.2, 0) is 6.42 Å². The molecule has 0 saturated carbocycles. The van der Waals surface area contributed by atoms with E-state index in [4.69, 9.17) is 16.2 Å². The molecule has 0 aliphatic carbocycles. The molecule has 0 amide bonds. The maximum absolute atomic E-state index is 5.76. The van der Waals surface area contributed by atoms with Crippen LogP contribution in [0.5, 0.6) is 11.5 Å². The van der Waals surface area contributed by atoms with Gasteiger partial charge in [-0.2, -0.15) is 4.98 Å². The summed E-state index contributed by atoms with van der Waals surface area (Å²) in [5.41, 5.74) is 12.3. The van der Waals surface area contributed by atoms with Crippen molar-refractivity contribution in [1.82, 2.24) is 9.97 Å². The van der Waals surface area contributed by atoms with E-state index in [-0.39, 0.29) is 11.8 Å². The number of halogens is 1. The number of aryl methyl sites for hydroxylation is 1. The van der Waals surface area contributed by atoms with Gasteiger partial charge in [0, 0.05) is 3.57 Å². The Kier molecular flexibility index (Phi) is 3.85. The number of benzene rings is 1. The van der Waals surface area contributed by atoms with E-state index >= 15 is 0 Å². The molecule has 4 N–H and O–H groups in total. The van der Waals surface area contributed by atoms with Crippen LogP contribution in [0.4, 0.5) is 11.8 Å². The SMILES string of the molecule is CCc1ccc(I)cc1Oc1cnc(N)nc1N. The zero-order valence-electron chi connectivity index (χ0n) is 9.85. The second kappa shape index (κ2) is 5.38. The van der Waals surface area contributed by atoms with Crippen LogP contribution in [0.2, 0.25) is 0 Å². The van der Waals surface area contributed by atoms with Gasteiger partial charge in [-0.15, -0.1) is 0 Å². The minimum Gasteiger partial charge on any atom is -0.452 e. The highest BCUT2D eigenvalue weighted by Gasteiger charge is 2.08. The predicted molar refractivity (Wildman–Crippen MR) is 79.5 cm³/mol. The molecular formula is C12H13IN4O. The van der Waals surface area contributed by atoms with E-state index in [1.807, 2.05) is 18.2 Å². The van der Waals surface area contributed by atoms with Crippen molar-refractivity contribution in [1.29, 1.82) is 0 Å². The first kappa shape index (κ1) is 12.9. The van der Waals surface area contributed by atoms with E-state index in [1.165, 1.54) is 6.20 Å². The van der Waals surface area contributed by atoms with Crippen molar-refractivity contribution in [2.45, 2.75) is 13.3 Å². The lowest BCUT2D eigenvalue weighted by molar-refractivity contribution is 0.474. The van der Waals surface area contributed by atoms with Crippen LogP contribution in [-0.4, -0.2) is 9.97 Å². The fraction of sp³-hybridized carbons (Fsp3) is 0.167. The first-order valence-electron chi connectivity index (χ1n) is 5.44. The van der Waals surface area contributed by atoms with E-state index in [0.29, 0.717) is 5.75 Å². The van der Waals surface area contributed by atoms with Crippen LogP contribution in [0.3, 0.4) is 0 Å². The van der Waals surface area contributed by atoms with Crippen molar-refractivity contribution in [3.05, 3.63) is 33.5 Å². The molecule has 0 aliphatic heterocycles. The Morgan fingerprint density at radius 1 is 1.28 bits per heavy atom. The number of hydrogen-bond donors (Lipinski definition) is 2. The molecule has 2 rings (SSSR count). The molecule has 2 aromatic rings. The Bertz CT molecular complexity index is 574. The zero-order valence-corrected chi connectivity index (χ0v) is 12.0. The zero-order chi connectivity index (χ0) is 13.1. The molecule has 1 heterocycles. The molecule has 0 fully saturated rings. The first-order valence-corrected chi connectivity index (χ1v) is 6.52. The normalized spacial score (nSPS) is 10.3. The topological polar surface area (TPSA) is 87.0 Å². The Labute approximate surface area is 119 Å². The number of nitrogens with zero attached hydrogens (tertiary/aromatic N) is 2. The van der Waals surface area contributed by atoms with Crippen LogP contribution < -0.4 is 16.2 Å². The third-order valence-corrected chi connectivity index (χ3v) is 3.10. The van der Waals surface area contributed by atoms with Crippen molar-refractivity contribution in [3.63, 3.8) is 0 Å². The van der Waals surface area contributed by atoms with Gasteiger partial charge in [-0.3, -0.25) is 0 Å². The number of nitrogen functional groups attached to an aromatic ring is 2. The molecule has 0 atom stereocenters. The van der Waals surface area contributed by atoms with Crippen LogP contribution in [0.15, 0.2) is 24.4 Å². The third kappa shape index (κ3) is 2.81. The molecule has 6 heteroatoms. The van der Waals surface area contributed by atoms with Gasteiger partial charge >= 0.3 is 0 Å². The number of nitrogens with two attached hydrogens (primary N) is 2. The van der Waals surface area contributed by atoms with Gasteiger partial charge in [-0.25, -0.2) is 4.98 Å². The van der Waals surface area contributed by atoms with Crippen molar-refractivity contribution >= 4 is 34.4 Å². The van der Waals surface area contributed by atoms with Gasteiger partial charge in [0.1, 0.15) is 5.75 Å². The van der Waals surface area contributed by atoms with Crippen LogP contribution >= 0.6 is 22.6 Å². The summed E-state index contributed by atoms with van der Waals surface area (Å²) in [5.74, 6) is 1.56. The van der Waals surface area contributed by atoms with Gasteiger partial charge in [0.25, 0.3) is 0 Å². The number of rotatable bonds is 3. The molecule has 94 valence electrons. The highest BCUT2D eigenvalue weighted by atomic mass is 127. The van der Waals surface area contributed by atoms with E-state index < -0.39 is 0 Å². The molecular weight excluding hydrogens is 343 g/mol. The molecule has 0 radical (unpaired) electrons. The summed E-state index contributed by atoms with van der Waals surface area (Å²) in [4.78, 5) is 7.74. The average molecular weight is 356 g/mol. The summed E-state index contributed by atoms with van der Waals surface area (Å²) in [6.45, 7) is 2.07. The van der Waals surface area contributed by atoms with E-state index in [1.54, 1.807) is 0 Å². The van der Waals surface area contributed by atoms with E-state index in [0.717, 1.165) is 21.3 Å². The summed E-state index contributed by atoms with van der Waals surface area (Å²) in [5, 5.41) is 0. The molecule has 18 heavy (non-hydrogen) atoms. The number of aromatic nitrogens is 2. The summed E-state index contributed by atoms with van der Waals surface area (Å²) in [6.07, 6.45) is 2.36. The average Bonchev–Trinajstić information content (AvgIpc) is 2.33. The maximum atomic E-state index is 5.76. The molecule has 0 unspecified atom stereocenters. The minimum absolute atomic E-state index is 0.137. The van der Waals surface area contributed by atoms with E-state index in [2.05, 4.69) is 39.5 Å².